The van der Waals surface area contributed by atoms with Crippen LogP contribution in [0.1, 0.15) is 67.5 Å². The van der Waals surface area contributed by atoms with E-state index in [-0.39, 0.29) is 17.5 Å². The van der Waals surface area contributed by atoms with Crippen LogP contribution >= 0.6 is 0 Å². The number of aromatic nitrogens is 2. The van der Waals surface area contributed by atoms with Gasteiger partial charge in [-0.15, -0.1) is 0 Å². The van der Waals surface area contributed by atoms with Gasteiger partial charge in [-0.05, 0) is 38.3 Å². The van der Waals surface area contributed by atoms with Crippen molar-refractivity contribution in [2.45, 2.75) is 63.5 Å². The summed E-state index contributed by atoms with van der Waals surface area (Å²) in [5.74, 6) is -1.14. The van der Waals surface area contributed by atoms with Gasteiger partial charge in [0.15, 0.2) is 0 Å². The maximum Gasteiger partial charge on any atom is 0.416 e. The largest absolute Gasteiger partial charge is 0.416 e. The third kappa shape index (κ3) is 5.23. The number of alkyl halides is 3. The van der Waals surface area contributed by atoms with Gasteiger partial charge in [0.1, 0.15) is 24.2 Å². The molecule has 1 aliphatic heterocycles. The van der Waals surface area contributed by atoms with E-state index in [0.717, 1.165) is 23.5 Å². The molecule has 2 aromatic rings. The molecule has 2 heterocycles. The highest BCUT2D eigenvalue weighted by Crippen LogP contribution is 2.43. The summed E-state index contributed by atoms with van der Waals surface area (Å²) in [6.45, 7) is 8.01. The van der Waals surface area contributed by atoms with Crippen LogP contribution in [0.2, 0.25) is 0 Å². The Labute approximate surface area is 207 Å². The normalized spacial score (nSPS) is 22.5. The van der Waals surface area contributed by atoms with Crippen LogP contribution in [0.3, 0.4) is 0 Å². The van der Waals surface area contributed by atoms with Crippen LogP contribution in [0, 0.1) is 5.82 Å². The van der Waals surface area contributed by atoms with E-state index in [2.05, 4.69) is 20.2 Å². The molecule has 196 valence electrons. The summed E-state index contributed by atoms with van der Waals surface area (Å²) in [7, 11) is 0. The zero-order chi connectivity index (χ0) is 26.2. The summed E-state index contributed by atoms with van der Waals surface area (Å²) < 4.78 is 53.9. The number of carbonyl (C=O) groups is 1. The monoisotopic (exact) mass is 509 g/mol. The van der Waals surface area contributed by atoms with Gasteiger partial charge in [0.2, 0.25) is 0 Å². The van der Waals surface area contributed by atoms with E-state index in [1.807, 2.05) is 25.7 Å². The Hall–Kier alpha value is -2.63. The molecule has 4 rings (SSSR count). The number of aliphatic hydroxyl groups excluding tert-OH is 1. The summed E-state index contributed by atoms with van der Waals surface area (Å²) in [5, 5.41) is 13.6. The van der Waals surface area contributed by atoms with Gasteiger partial charge in [0, 0.05) is 43.3 Å². The van der Waals surface area contributed by atoms with Crippen LogP contribution in [0.4, 0.5) is 23.4 Å². The second kappa shape index (κ2) is 10.4. The Morgan fingerprint density at radius 2 is 1.86 bits per heavy atom. The van der Waals surface area contributed by atoms with E-state index < -0.39 is 35.7 Å². The van der Waals surface area contributed by atoms with Crippen molar-refractivity contribution in [3.63, 3.8) is 0 Å². The standard InChI is InChI=1S/C25H31F4N5O2/c1-14(2)32-23(18(12-35)17-5-4-16(11-19(17)26)25(27,28)29)33-6-8-34(9-7-33)24-21-15(3)10-20(36)22(21)30-13-31-24/h4-5,11-15,18,20,23,32,36H,6-10H2,1-3H3/t15-,18?,20+,23?/m1/s1. The quantitative estimate of drug-likeness (QED) is 0.436. The Balaban J connectivity index is 1.56. The van der Waals surface area contributed by atoms with Gasteiger partial charge in [-0.25, -0.2) is 14.4 Å². The van der Waals surface area contributed by atoms with Crippen molar-refractivity contribution in [2.24, 2.45) is 0 Å². The lowest BCUT2D eigenvalue weighted by atomic mass is 9.93. The molecule has 0 amide bonds. The molecule has 36 heavy (non-hydrogen) atoms. The fraction of sp³-hybridized carbons (Fsp3) is 0.560. The second-order valence-corrected chi connectivity index (χ2v) is 9.83. The lowest BCUT2D eigenvalue weighted by molar-refractivity contribution is -0.137. The number of nitrogens with zero attached hydrogens (tertiary/aromatic N) is 4. The average Bonchev–Trinajstić information content (AvgIpc) is 3.12. The minimum absolute atomic E-state index is 0.0551. The molecule has 0 bridgehead atoms. The number of aldehydes is 1. The molecule has 0 saturated carbocycles. The van der Waals surface area contributed by atoms with Crippen molar-refractivity contribution in [1.82, 2.24) is 20.2 Å². The van der Waals surface area contributed by atoms with Crippen molar-refractivity contribution >= 4 is 12.1 Å². The van der Waals surface area contributed by atoms with Crippen LogP contribution in [0.25, 0.3) is 0 Å². The second-order valence-electron chi connectivity index (χ2n) is 9.83. The highest BCUT2D eigenvalue weighted by molar-refractivity contribution is 5.64. The molecule has 0 spiro atoms. The van der Waals surface area contributed by atoms with E-state index in [4.69, 9.17) is 0 Å². The number of hydrogen-bond donors (Lipinski definition) is 2. The molecular weight excluding hydrogens is 478 g/mol. The van der Waals surface area contributed by atoms with E-state index in [1.165, 1.54) is 6.33 Å². The minimum atomic E-state index is -4.67. The molecular formula is C25H31F4N5O2. The molecule has 7 nitrogen and oxygen atoms in total. The molecule has 2 aliphatic rings. The first-order chi connectivity index (χ1) is 17.0. The third-order valence-electron chi connectivity index (χ3n) is 6.96. The van der Waals surface area contributed by atoms with Gasteiger partial charge in [0.25, 0.3) is 0 Å². The van der Waals surface area contributed by atoms with Gasteiger partial charge >= 0.3 is 6.18 Å². The molecule has 1 aromatic carbocycles. The maximum atomic E-state index is 14.8. The lowest BCUT2D eigenvalue weighted by Crippen LogP contribution is -2.58. The van der Waals surface area contributed by atoms with Crippen LogP contribution in [0.15, 0.2) is 24.5 Å². The lowest BCUT2D eigenvalue weighted by Gasteiger charge is -2.43. The summed E-state index contributed by atoms with van der Waals surface area (Å²) >= 11 is 0. The van der Waals surface area contributed by atoms with Crippen molar-refractivity contribution in [1.29, 1.82) is 0 Å². The molecule has 2 unspecified atom stereocenters. The predicted octanol–water partition coefficient (Wildman–Crippen LogP) is 3.60. The first-order valence-corrected chi connectivity index (χ1v) is 12.1. The Morgan fingerprint density at radius 1 is 1.17 bits per heavy atom. The van der Waals surface area contributed by atoms with E-state index in [0.29, 0.717) is 50.6 Å². The number of aliphatic hydroxyl groups is 1. The molecule has 4 atom stereocenters. The molecule has 1 aromatic heterocycles. The summed E-state index contributed by atoms with van der Waals surface area (Å²) in [6.07, 6.45) is -3.23. The van der Waals surface area contributed by atoms with E-state index in [1.54, 1.807) is 0 Å². The van der Waals surface area contributed by atoms with E-state index in [9.17, 15) is 27.5 Å². The SMILES string of the molecule is CC(C)NC(C(C=O)c1ccc(C(F)(F)F)cc1F)N1CCN(c2ncnc3c2[C@H](C)C[C@@H]3O)CC1. The zero-order valence-corrected chi connectivity index (χ0v) is 20.5. The Kier molecular flexibility index (Phi) is 7.63. The van der Waals surface area contributed by atoms with Crippen molar-refractivity contribution in [2.75, 3.05) is 31.1 Å². The van der Waals surface area contributed by atoms with Gasteiger partial charge in [-0.3, -0.25) is 10.2 Å². The van der Waals surface area contributed by atoms with Crippen LogP contribution in [-0.2, 0) is 11.0 Å². The number of rotatable bonds is 7. The molecule has 1 saturated heterocycles. The number of anilines is 1. The molecule has 1 fully saturated rings. The summed E-state index contributed by atoms with van der Waals surface area (Å²) in [4.78, 5) is 25.1. The van der Waals surface area contributed by atoms with Gasteiger partial charge in [0.05, 0.1) is 29.4 Å². The smallest absolute Gasteiger partial charge is 0.387 e. The third-order valence-corrected chi connectivity index (χ3v) is 6.96. The van der Waals surface area contributed by atoms with E-state index >= 15 is 0 Å². The summed E-state index contributed by atoms with van der Waals surface area (Å²) in [5.41, 5.74) is 0.447. The predicted molar refractivity (Wildman–Crippen MR) is 126 cm³/mol. The van der Waals surface area contributed by atoms with Crippen LogP contribution < -0.4 is 10.2 Å². The fourth-order valence-corrected chi connectivity index (χ4v) is 5.24. The number of halogens is 4. The Morgan fingerprint density at radius 3 is 2.44 bits per heavy atom. The van der Waals surface area contributed by atoms with Crippen LogP contribution in [-0.4, -0.2) is 64.6 Å². The maximum absolute atomic E-state index is 14.8. The average molecular weight is 510 g/mol. The molecule has 11 heteroatoms. The number of piperazine rings is 1. The van der Waals surface area contributed by atoms with Crippen molar-refractivity contribution < 1.29 is 27.5 Å². The van der Waals surface area contributed by atoms with Gasteiger partial charge < -0.3 is 14.8 Å². The fourth-order valence-electron chi connectivity index (χ4n) is 5.24. The summed E-state index contributed by atoms with van der Waals surface area (Å²) in [6, 6.07) is 2.26. The van der Waals surface area contributed by atoms with Crippen LogP contribution in [0.5, 0.6) is 0 Å². The number of carbonyl (C=O) groups excluding carboxylic acids is 1. The van der Waals surface area contributed by atoms with Gasteiger partial charge in [-0.2, -0.15) is 13.2 Å². The molecule has 2 N–H and O–H groups in total. The topological polar surface area (TPSA) is 81.6 Å². The first kappa shape index (κ1) is 26.4. The van der Waals surface area contributed by atoms with Gasteiger partial charge in [-0.1, -0.05) is 13.0 Å². The number of hydrogen-bond acceptors (Lipinski definition) is 7. The highest BCUT2D eigenvalue weighted by Gasteiger charge is 2.37. The Bertz CT molecular complexity index is 1090. The molecule has 0 radical (unpaired) electrons. The van der Waals surface area contributed by atoms with Crippen molar-refractivity contribution in [3.05, 3.63) is 52.7 Å². The zero-order valence-electron chi connectivity index (χ0n) is 20.5. The van der Waals surface area contributed by atoms with Crippen molar-refractivity contribution in [3.8, 4) is 0 Å². The molecule has 1 aliphatic carbocycles. The highest BCUT2D eigenvalue weighted by atomic mass is 19.4. The number of fused-ring (bicyclic) bond motifs is 1. The number of benzene rings is 1. The first-order valence-electron chi connectivity index (χ1n) is 12.1. The number of nitrogens with one attached hydrogen (secondary N) is 1. The minimum Gasteiger partial charge on any atom is -0.387 e.